The molecule has 1 N–H and O–H groups in total. The van der Waals surface area contributed by atoms with Gasteiger partial charge in [0.1, 0.15) is 11.4 Å². The van der Waals surface area contributed by atoms with E-state index in [0.717, 1.165) is 4.47 Å². The summed E-state index contributed by atoms with van der Waals surface area (Å²) in [7, 11) is 1.20. The van der Waals surface area contributed by atoms with Crippen molar-refractivity contribution in [3.8, 4) is 0 Å². The SMILES string of the molecule is COC(=O)/C(N=Nc1c(Br)cc(Br)cc1Br)=C(\C)O. The number of carbonyl (C=O) groups is 1. The first-order valence-electron chi connectivity index (χ1n) is 4.91. The second kappa shape index (κ2) is 7.16. The van der Waals surface area contributed by atoms with E-state index in [0.29, 0.717) is 14.6 Å². The molecule has 8 heteroatoms. The third kappa shape index (κ3) is 4.39. The fourth-order valence-corrected chi connectivity index (χ4v) is 3.50. The molecule has 0 saturated heterocycles. The van der Waals surface area contributed by atoms with E-state index >= 15 is 0 Å². The third-order valence-corrected chi connectivity index (χ3v) is 3.62. The number of aliphatic hydroxyl groups is 1. The molecular formula is C11H9Br3N2O3. The third-order valence-electron chi connectivity index (χ3n) is 1.95. The summed E-state index contributed by atoms with van der Waals surface area (Å²) in [4.78, 5) is 11.4. The van der Waals surface area contributed by atoms with Crippen LogP contribution in [0.5, 0.6) is 0 Å². The average Bonchev–Trinajstić information content (AvgIpc) is 2.31. The molecule has 0 aromatic heterocycles. The van der Waals surface area contributed by atoms with Crippen LogP contribution in [0.1, 0.15) is 6.92 Å². The van der Waals surface area contributed by atoms with Gasteiger partial charge in [-0.25, -0.2) is 4.79 Å². The van der Waals surface area contributed by atoms with Crippen molar-refractivity contribution in [3.05, 3.63) is 37.0 Å². The number of halogens is 3. The molecule has 102 valence electrons. The number of esters is 1. The lowest BCUT2D eigenvalue weighted by Gasteiger charge is -2.03. The summed E-state index contributed by atoms with van der Waals surface area (Å²) in [6.45, 7) is 1.33. The van der Waals surface area contributed by atoms with E-state index in [4.69, 9.17) is 0 Å². The number of rotatable bonds is 3. The van der Waals surface area contributed by atoms with Gasteiger partial charge in [0, 0.05) is 13.4 Å². The van der Waals surface area contributed by atoms with E-state index in [1.165, 1.54) is 14.0 Å². The predicted octanol–water partition coefficient (Wildman–Crippen LogP) is 5.02. The Hall–Kier alpha value is -0.730. The molecule has 0 spiro atoms. The molecule has 0 saturated carbocycles. The van der Waals surface area contributed by atoms with Crippen molar-refractivity contribution in [3.63, 3.8) is 0 Å². The summed E-state index contributed by atoms with van der Waals surface area (Å²) in [6.07, 6.45) is 0. The number of azo groups is 1. The highest BCUT2D eigenvalue weighted by molar-refractivity contribution is 9.11. The molecule has 0 aliphatic carbocycles. The second-order valence-electron chi connectivity index (χ2n) is 3.34. The second-order valence-corrected chi connectivity index (χ2v) is 5.97. The summed E-state index contributed by atoms with van der Waals surface area (Å²) in [5.41, 5.74) is 0.245. The molecule has 19 heavy (non-hydrogen) atoms. The minimum absolute atomic E-state index is 0.246. The first kappa shape index (κ1) is 16.3. The molecule has 1 rings (SSSR count). The molecule has 0 aliphatic rings. The fourth-order valence-electron chi connectivity index (χ4n) is 1.09. The fraction of sp³-hybridized carbons (Fsp3) is 0.182. The molecule has 0 fully saturated rings. The summed E-state index contributed by atoms with van der Waals surface area (Å²) in [6, 6.07) is 3.57. The molecular weight excluding hydrogens is 448 g/mol. The minimum atomic E-state index is -0.756. The molecule has 0 bridgehead atoms. The number of hydrogen-bond acceptors (Lipinski definition) is 5. The Morgan fingerprint density at radius 1 is 1.26 bits per heavy atom. The van der Waals surface area contributed by atoms with Crippen molar-refractivity contribution >= 4 is 59.4 Å². The average molecular weight is 457 g/mol. The lowest BCUT2D eigenvalue weighted by molar-refractivity contribution is -0.136. The number of methoxy groups -OCH3 is 1. The monoisotopic (exact) mass is 454 g/mol. The first-order chi connectivity index (χ1) is 8.86. The number of aliphatic hydroxyl groups excluding tert-OH is 1. The Morgan fingerprint density at radius 2 is 1.79 bits per heavy atom. The molecule has 0 heterocycles. The van der Waals surface area contributed by atoms with Crippen LogP contribution in [-0.4, -0.2) is 18.2 Å². The van der Waals surface area contributed by atoms with Crippen LogP contribution in [0.15, 0.2) is 47.2 Å². The van der Waals surface area contributed by atoms with E-state index in [1.807, 2.05) is 0 Å². The van der Waals surface area contributed by atoms with Crippen LogP contribution in [0.25, 0.3) is 0 Å². The highest BCUT2D eigenvalue weighted by Crippen LogP contribution is 2.37. The molecule has 1 aromatic carbocycles. The number of nitrogens with zero attached hydrogens (tertiary/aromatic N) is 2. The lowest BCUT2D eigenvalue weighted by Crippen LogP contribution is -2.04. The van der Waals surface area contributed by atoms with E-state index in [-0.39, 0.29) is 11.5 Å². The van der Waals surface area contributed by atoms with Gasteiger partial charge in [-0.15, -0.1) is 10.2 Å². The maximum atomic E-state index is 11.4. The number of allylic oxidation sites excluding steroid dienone is 1. The molecule has 0 aliphatic heterocycles. The van der Waals surface area contributed by atoms with Gasteiger partial charge >= 0.3 is 5.97 Å². The highest BCUT2D eigenvalue weighted by atomic mass is 79.9. The van der Waals surface area contributed by atoms with E-state index in [9.17, 15) is 9.90 Å². The number of benzene rings is 1. The van der Waals surface area contributed by atoms with Crippen molar-refractivity contribution in [2.45, 2.75) is 6.92 Å². The van der Waals surface area contributed by atoms with Gasteiger partial charge in [-0.1, -0.05) is 15.9 Å². The van der Waals surface area contributed by atoms with Gasteiger partial charge < -0.3 is 9.84 Å². The topological polar surface area (TPSA) is 71.2 Å². The van der Waals surface area contributed by atoms with Crippen molar-refractivity contribution < 1.29 is 14.6 Å². The van der Waals surface area contributed by atoms with Crippen LogP contribution in [0, 0.1) is 0 Å². The molecule has 0 radical (unpaired) electrons. The lowest BCUT2D eigenvalue weighted by atomic mass is 10.3. The van der Waals surface area contributed by atoms with Gasteiger partial charge in [0.2, 0.25) is 5.70 Å². The molecule has 0 amide bonds. The van der Waals surface area contributed by atoms with Crippen molar-refractivity contribution in [1.29, 1.82) is 0 Å². The summed E-state index contributed by atoms with van der Waals surface area (Å²) in [5.74, 6) is -1.02. The van der Waals surface area contributed by atoms with Crippen molar-refractivity contribution in [2.75, 3.05) is 7.11 Å². The van der Waals surface area contributed by atoms with Gasteiger partial charge in [0.25, 0.3) is 0 Å². The zero-order valence-electron chi connectivity index (χ0n) is 9.95. The Morgan fingerprint density at radius 3 is 2.21 bits per heavy atom. The van der Waals surface area contributed by atoms with Crippen molar-refractivity contribution in [2.24, 2.45) is 10.2 Å². The maximum absolute atomic E-state index is 11.4. The Labute approximate surface area is 135 Å². The van der Waals surface area contributed by atoms with Crippen LogP contribution in [0.3, 0.4) is 0 Å². The van der Waals surface area contributed by atoms with E-state index in [1.54, 1.807) is 12.1 Å². The van der Waals surface area contributed by atoms with Gasteiger partial charge in [-0.2, -0.15) is 0 Å². The molecule has 1 aromatic rings. The van der Waals surface area contributed by atoms with Crippen LogP contribution in [0.4, 0.5) is 5.69 Å². The maximum Gasteiger partial charge on any atom is 0.362 e. The van der Waals surface area contributed by atoms with Crippen LogP contribution < -0.4 is 0 Å². The molecule has 0 unspecified atom stereocenters. The minimum Gasteiger partial charge on any atom is -0.510 e. The van der Waals surface area contributed by atoms with E-state index < -0.39 is 5.97 Å². The Kier molecular flexibility index (Phi) is 6.15. The van der Waals surface area contributed by atoms with Gasteiger partial charge in [0.05, 0.1) is 7.11 Å². The zero-order valence-corrected chi connectivity index (χ0v) is 14.7. The van der Waals surface area contributed by atoms with Crippen molar-refractivity contribution in [1.82, 2.24) is 0 Å². The van der Waals surface area contributed by atoms with Gasteiger partial charge in [0.15, 0.2) is 0 Å². The largest absolute Gasteiger partial charge is 0.510 e. The summed E-state index contributed by atoms with van der Waals surface area (Å²) < 4.78 is 6.71. The highest BCUT2D eigenvalue weighted by Gasteiger charge is 2.14. The van der Waals surface area contributed by atoms with E-state index in [2.05, 4.69) is 62.8 Å². The van der Waals surface area contributed by atoms with Crippen LogP contribution in [-0.2, 0) is 9.53 Å². The molecule has 0 atom stereocenters. The normalized spacial score (nSPS) is 12.5. The summed E-state index contributed by atoms with van der Waals surface area (Å²) >= 11 is 9.99. The number of ether oxygens (including phenoxy) is 1. The van der Waals surface area contributed by atoms with Crippen LogP contribution >= 0.6 is 47.8 Å². The standard InChI is InChI=1S/C11H9Br3N2O3/c1-5(17)9(11(18)19-2)15-16-10-7(13)3-6(12)4-8(10)14/h3-4,17H,1-2H3/b9-5-,16-15?. The van der Waals surface area contributed by atoms with Crippen LogP contribution in [0.2, 0.25) is 0 Å². The van der Waals surface area contributed by atoms with Gasteiger partial charge in [-0.3, -0.25) is 0 Å². The number of hydrogen-bond donors (Lipinski definition) is 1. The first-order valence-corrected chi connectivity index (χ1v) is 7.29. The summed E-state index contributed by atoms with van der Waals surface area (Å²) in [5, 5.41) is 17.0. The molecule has 5 nitrogen and oxygen atoms in total. The zero-order chi connectivity index (χ0) is 14.6. The smallest absolute Gasteiger partial charge is 0.362 e. The van der Waals surface area contributed by atoms with Gasteiger partial charge in [-0.05, 0) is 50.9 Å². The Balaban J connectivity index is 3.18. The predicted molar refractivity (Wildman–Crippen MR) is 81.4 cm³/mol. The quantitative estimate of drug-likeness (QED) is 0.300. The number of carbonyl (C=O) groups excluding carboxylic acids is 1. The Bertz CT molecular complexity index is 543.